The molecule has 2 rings (SSSR count). The molecule has 0 bridgehead atoms. The highest BCUT2D eigenvalue weighted by Gasteiger charge is 2.45. The van der Waals surface area contributed by atoms with Crippen LogP contribution >= 0.6 is 27.3 Å². The summed E-state index contributed by atoms with van der Waals surface area (Å²) in [6.07, 6.45) is -5.16. The minimum Gasteiger partial charge on any atom is -0.497 e. The molecule has 196 valence electrons. The average molecular weight is 592 g/mol. The van der Waals surface area contributed by atoms with Crippen LogP contribution in [-0.2, 0) is 14.4 Å². The predicted molar refractivity (Wildman–Crippen MR) is 131 cm³/mol. The largest absolute Gasteiger partial charge is 0.497 e. The molecule has 1 aromatic carbocycles. The second kappa shape index (κ2) is 12.3. The van der Waals surface area contributed by atoms with Crippen LogP contribution < -0.4 is 20.7 Å². The summed E-state index contributed by atoms with van der Waals surface area (Å²) < 4.78 is 45.0. The zero-order valence-electron chi connectivity index (χ0n) is 19.7. The fourth-order valence-corrected chi connectivity index (χ4v) is 4.37. The van der Waals surface area contributed by atoms with Gasteiger partial charge in [0.05, 0.1) is 21.8 Å². The summed E-state index contributed by atoms with van der Waals surface area (Å²) in [7, 11) is 1.42. The second-order valence-electron chi connectivity index (χ2n) is 8.11. The molecule has 0 aliphatic heterocycles. The molecule has 0 saturated heterocycles. The van der Waals surface area contributed by atoms with Gasteiger partial charge < -0.3 is 20.7 Å². The molecule has 8 nitrogen and oxygen atoms in total. The van der Waals surface area contributed by atoms with Gasteiger partial charge in [0, 0.05) is 0 Å². The average Bonchev–Trinajstić information content (AvgIpc) is 3.25. The number of methoxy groups -OCH3 is 1. The van der Waals surface area contributed by atoms with Gasteiger partial charge in [-0.15, -0.1) is 11.3 Å². The predicted octanol–water partition coefficient (Wildman–Crippen LogP) is 3.77. The third-order valence-corrected chi connectivity index (χ3v) is 6.68. The molecule has 0 spiro atoms. The van der Waals surface area contributed by atoms with Crippen LogP contribution in [0.1, 0.15) is 42.0 Å². The van der Waals surface area contributed by atoms with Gasteiger partial charge >= 0.3 is 6.18 Å². The van der Waals surface area contributed by atoms with Crippen LogP contribution in [0.3, 0.4) is 0 Å². The Balaban J connectivity index is 2.26. The third kappa shape index (κ3) is 7.79. The zero-order valence-corrected chi connectivity index (χ0v) is 22.1. The van der Waals surface area contributed by atoms with Gasteiger partial charge in [0.1, 0.15) is 17.8 Å². The zero-order chi connectivity index (χ0) is 27.2. The molecule has 0 aliphatic rings. The first-order chi connectivity index (χ1) is 16.7. The van der Waals surface area contributed by atoms with E-state index in [9.17, 15) is 32.3 Å². The summed E-state index contributed by atoms with van der Waals surface area (Å²) in [5.41, 5.74) is 0.226. The smallest absolute Gasteiger partial charge is 0.452 e. The monoisotopic (exact) mass is 591 g/mol. The summed E-state index contributed by atoms with van der Waals surface area (Å²) in [6.45, 7) is 4.11. The molecule has 3 N–H and O–H groups in total. The van der Waals surface area contributed by atoms with Crippen LogP contribution in [0, 0.1) is 5.92 Å². The van der Waals surface area contributed by atoms with Crippen molar-refractivity contribution < 1.29 is 37.1 Å². The first-order valence-corrected chi connectivity index (χ1v) is 12.3. The quantitative estimate of drug-likeness (QED) is 0.389. The molecule has 3 atom stereocenters. The topological polar surface area (TPSA) is 114 Å². The van der Waals surface area contributed by atoms with Crippen molar-refractivity contribution in [2.45, 2.75) is 45.1 Å². The Labute approximate surface area is 218 Å². The Bertz CT molecular complexity index is 1110. The van der Waals surface area contributed by atoms with E-state index >= 15 is 0 Å². The van der Waals surface area contributed by atoms with Gasteiger partial charge in [0.2, 0.25) is 11.8 Å². The minimum absolute atomic E-state index is 0.226. The van der Waals surface area contributed by atoms with E-state index in [2.05, 4.69) is 31.9 Å². The number of halogens is 4. The molecule has 2 aromatic rings. The second-order valence-corrected chi connectivity index (χ2v) is 10.6. The SMILES string of the molecule is COc1ccc(C(NC(=O)C(C)NC(=O)c2ccc(Br)s2)C(=O)NC(C(=O)C(F)(F)F)C(C)C)cc1. The maximum absolute atomic E-state index is 13.1. The van der Waals surface area contributed by atoms with Crippen LogP contribution in [0.25, 0.3) is 0 Å². The number of carbonyl (C=O) groups is 4. The van der Waals surface area contributed by atoms with Gasteiger partial charge in [-0.25, -0.2) is 0 Å². The molecular formula is C23H25BrF3N3O5S. The van der Waals surface area contributed by atoms with Gasteiger partial charge in [-0.05, 0) is 58.6 Å². The molecule has 3 unspecified atom stereocenters. The van der Waals surface area contributed by atoms with E-state index in [-0.39, 0.29) is 5.56 Å². The van der Waals surface area contributed by atoms with E-state index in [1.54, 1.807) is 12.1 Å². The number of rotatable bonds is 10. The summed E-state index contributed by atoms with van der Waals surface area (Å²) in [4.78, 5) is 50.5. The Hall–Kier alpha value is -2.93. The molecule has 36 heavy (non-hydrogen) atoms. The van der Waals surface area contributed by atoms with Gasteiger partial charge in [-0.2, -0.15) is 13.2 Å². The Morgan fingerprint density at radius 3 is 2.00 bits per heavy atom. The Kier molecular flexibility index (Phi) is 10.1. The van der Waals surface area contributed by atoms with Crippen molar-refractivity contribution in [2.75, 3.05) is 7.11 Å². The van der Waals surface area contributed by atoms with Crippen molar-refractivity contribution in [3.63, 3.8) is 0 Å². The first kappa shape index (κ1) is 29.3. The standard InChI is InChI=1S/C23H25BrF3N3O5S/c1-11(2)17(19(31)23(25,26)27)29-22(34)18(13-5-7-14(35-4)8-6-13)30-20(32)12(3)28-21(33)15-9-10-16(24)36-15/h5-12,17-18H,1-4H3,(H,28,33)(H,29,34)(H,30,32). The number of hydrogen-bond donors (Lipinski definition) is 3. The van der Waals surface area contributed by atoms with E-state index in [0.717, 1.165) is 11.3 Å². The van der Waals surface area contributed by atoms with Gasteiger partial charge in [-0.3, -0.25) is 19.2 Å². The van der Waals surface area contributed by atoms with Crippen LogP contribution in [-0.4, -0.2) is 48.9 Å². The molecule has 13 heteroatoms. The highest BCUT2D eigenvalue weighted by molar-refractivity contribution is 9.11. The van der Waals surface area contributed by atoms with E-state index < -0.39 is 53.7 Å². The van der Waals surface area contributed by atoms with Crippen molar-refractivity contribution in [3.05, 3.63) is 50.6 Å². The number of ketones is 1. The third-order valence-electron chi connectivity index (χ3n) is 5.06. The van der Waals surface area contributed by atoms with Gasteiger partial charge in [-0.1, -0.05) is 26.0 Å². The molecule has 3 amide bonds. The molecule has 1 heterocycles. The number of nitrogens with one attached hydrogen (secondary N) is 3. The van der Waals surface area contributed by atoms with Crippen molar-refractivity contribution in [2.24, 2.45) is 5.92 Å². The fourth-order valence-electron chi connectivity index (χ4n) is 3.08. The Morgan fingerprint density at radius 1 is 0.917 bits per heavy atom. The van der Waals surface area contributed by atoms with Crippen LogP contribution in [0.4, 0.5) is 13.2 Å². The normalized spacial score (nSPS) is 13.9. The van der Waals surface area contributed by atoms with Crippen LogP contribution in [0.5, 0.6) is 5.75 Å². The lowest BCUT2D eigenvalue weighted by Gasteiger charge is -2.26. The van der Waals surface area contributed by atoms with E-state index in [1.807, 2.05) is 0 Å². The van der Waals surface area contributed by atoms with Gasteiger partial charge in [0.15, 0.2) is 0 Å². The van der Waals surface area contributed by atoms with Gasteiger partial charge in [0.25, 0.3) is 11.7 Å². The number of alkyl halides is 3. The number of Topliss-reactive ketones (excluding diaryl/α,β-unsaturated/α-hetero) is 1. The van der Waals surface area contributed by atoms with E-state index in [0.29, 0.717) is 14.4 Å². The van der Waals surface area contributed by atoms with E-state index in [1.165, 1.54) is 52.1 Å². The van der Waals surface area contributed by atoms with Crippen molar-refractivity contribution in [1.82, 2.24) is 16.0 Å². The highest BCUT2D eigenvalue weighted by Crippen LogP contribution is 2.24. The maximum atomic E-state index is 13.1. The fraction of sp³-hybridized carbons (Fsp3) is 0.391. The van der Waals surface area contributed by atoms with Crippen molar-refractivity contribution in [3.8, 4) is 5.75 Å². The summed E-state index contributed by atoms with van der Waals surface area (Å²) in [5.74, 6) is -4.84. The number of ether oxygens (including phenoxy) is 1. The number of carbonyl (C=O) groups excluding carboxylic acids is 4. The number of amides is 3. The summed E-state index contributed by atoms with van der Waals surface area (Å²) >= 11 is 4.40. The maximum Gasteiger partial charge on any atom is 0.452 e. The highest BCUT2D eigenvalue weighted by atomic mass is 79.9. The summed E-state index contributed by atoms with van der Waals surface area (Å²) in [6, 6.07) is 4.73. The molecule has 0 saturated carbocycles. The molecule has 0 aliphatic carbocycles. The minimum atomic E-state index is -5.16. The lowest BCUT2D eigenvalue weighted by Crippen LogP contribution is -2.54. The first-order valence-electron chi connectivity index (χ1n) is 10.7. The number of hydrogen-bond acceptors (Lipinski definition) is 6. The molecule has 1 aromatic heterocycles. The Morgan fingerprint density at radius 2 is 1.53 bits per heavy atom. The van der Waals surface area contributed by atoms with Crippen molar-refractivity contribution in [1.29, 1.82) is 0 Å². The number of thiophene rings is 1. The lowest BCUT2D eigenvalue weighted by molar-refractivity contribution is -0.175. The molecule has 0 fully saturated rings. The summed E-state index contributed by atoms with van der Waals surface area (Å²) in [5, 5.41) is 7.07. The molecular weight excluding hydrogens is 567 g/mol. The molecule has 0 radical (unpaired) electrons. The lowest BCUT2D eigenvalue weighted by atomic mass is 9.97. The van der Waals surface area contributed by atoms with Crippen LogP contribution in [0.15, 0.2) is 40.2 Å². The number of benzene rings is 1. The van der Waals surface area contributed by atoms with Crippen molar-refractivity contribution >= 4 is 50.8 Å². The van der Waals surface area contributed by atoms with Crippen LogP contribution in [0.2, 0.25) is 0 Å². The van der Waals surface area contributed by atoms with E-state index in [4.69, 9.17) is 4.74 Å².